The molecule has 0 unspecified atom stereocenters. The normalized spacial score (nSPS) is 10.5. The number of carboxylic acids is 1. The molecular formula is C28H31Cl2N2O3-. The van der Waals surface area contributed by atoms with Crippen LogP contribution in [0.4, 0.5) is 5.69 Å². The number of nitrogens with zero attached hydrogens (tertiary/aromatic N) is 2. The fourth-order valence-corrected chi connectivity index (χ4v) is 4.62. The van der Waals surface area contributed by atoms with Crippen LogP contribution in [0.2, 0.25) is 0 Å². The lowest BCUT2D eigenvalue weighted by Crippen LogP contribution is -3.00. The second-order valence-corrected chi connectivity index (χ2v) is 8.03. The maximum Gasteiger partial charge on any atom is 0.336 e. The van der Waals surface area contributed by atoms with E-state index in [2.05, 4.69) is 73.6 Å². The molecule has 0 radical (unpaired) electrons. The third-order valence-corrected chi connectivity index (χ3v) is 6.37. The minimum atomic E-state index is -0.938. The van der Waals surface area contributed by atoms with Crippen molar-refractivity contribution in [2.24, 2.45) is 0 Å². The number of hydrogen-bond donors (Lipinski definition) is 1. The quantitative estimate of drug-likeness (QED) is 0.269. The molecule has 2 aromatic rings. The Hall–Kier alpha value is -3.02. The molecule has 0 fully saturated rings. The van der Waals surface area contributed by atoms with E-state index >= 15 is 0 Å². The molecule has 0 spiro atoms. The average Bonchev–Trinajstić information content (AvgIpc) is 2.84. The monoisotopic (exact) mass is 513 g/mol. The molecule has 1 N–H and O–H groups in total. The van der Waals surface area contributed by atoms with Crippen molar-refractivity contribution in [1.82, 2.24) is 4.58 Å². The van der Waals surface area contributed by atoms with Crippen molar-refractivity contribution in [2.45, 2.75) is 27.7 Å². The summed E-state index contributed by atoms with van der Waals surface area (Å²) >= 11 is 0. The highest BCUT2D eigenvalue weighted by Gasteiger charge is 2.22. The number of benzene rings is 3. The van der Waals surface area contributed by atoms with E-state index in [-0.39, 0.29) is 30.4 Å². The highest BCUT2D eigenvalue weighted by Crippen LogP contribution is 2.42. The van der Waals surface area contributed by atoms with Gasteiger partial charge in [-0.05, 0) is 57.5 Å². The Morgan fingerprint density at radius 2 is 1.57 bits per heavy atom. The van der Waals surface area contributed by atoms with Gasteiger partial charge in [0.1, 0.15) is 24.4 Å². The summed E-state index contributed by atoms with van der Waals surface area (Å²) < 4.78 is 8.74. The molecule has 5 nitrogen and oxygen atoms in total. The number of hydrogen-bond acceptors (Lipinski definition) is 3. The lowest BCUT2D eigenvalue weighted by Gasteiger charge is -2.22. The Kier molecular flexibility index (Phi) is 9.75. The number of halogens is 2. The zero-order valence-electron chi connectivity index (χ0n) is 20.5. The summed E-state index contributed by atoms with van der Waals surface area (Å²) in [6, 6.07) is 19.6. The third kappa shape index (κ3) is 5.31. The predicted molar refractivity (Wildman–Crippen MR) is 135 cm³/mol. The van der Waals surface area contributed by atoms with Gasteiger partial charge < -0.3 is 39.2 Å². The summed E-state index contributed by atoms with van der Waals surface area (Å²) in [5.41, 5.74) is 4.62. The number of aromatic carboxylic acids is 1. The third-order valence-electron chi connectivity index (χ3n) is 6.37. The van der Waals surface area contributed by atoms with Crippen molar-refractivity contribution in [3.63, 3.8) is 0 Å². The van der Waals surface area contributed by atoms with Crippen LogP contribution in [-0.2, 0) is 0 Å². The smallest absolute Gasteiger partial charge is 0.336 e. The van der Waals surface area contributed by atoms with Gasteiger partial charge in [0.05, 0.1) is 11.6 Å². The number of fused-ring (bicyclic) bond motifs is 2. The second-order valence-electron chi connectivity index (χ2n) is 8.03. The van der Waals surface area contributed by atoms with Crippen molar-refractivity contribution in [3.05, 3.63) is 71.6 Å². The summed E-state index contributed by atoms with van der Waals surface area (Å²) in [5.74, 6) is -0.189. The summed E-state index contributed by atoms with van der Waals surface area (Å²) in [6.07, 6.45) is 0. The van der Waals surface area contributed by atoms with Crippen LogP contribution >= 0.6 is 0 Å². The van der Waals surface area contributed by atoms with Crippen LogP contribution in [0.1, 0.15) is 38.1 Å². The zero-order chi connectivity index (χ0) is 23.5. The minimum absolute atomic E-state index is 0. The van der Waals surface area contributed by atoms with Gasteiger partial charge in [0.2, 0.25) is 5.36 Å². The first-order valence-corrected chi connectivity index (χ1v) is 11.7. The number of anilines is 1. The van der Waals surface area contributed by atoms with Gasteiger partial charge >= 0.3 is 5.97 Å². The van der Waals surface area contributed by atoms with Gasteiger partial charge in [-0.3, -0.25) is 0 Å². The fraction of sp³-hybridized carbons (Fsp3) is 0.286. The van der Waals surface area contributed by atoms with Gasteiger partial charge in [-0.1, -0.05) is 18.2 Å². The van der Waals surface area contributed by atoms with Gasteiger partial charge in [-0.2, -0.15) is 0 Å². The van der Waals surface area contributed by atoms with Gasteiger partial charge in [0.15, 0.2) is 0 Å². The fourth-order valence-electron chi connectivity index (χ4n) is 4.62. The van der Waals surface area contributed by atoms with Crippen LogP contribution in [0.15, 0.2) is 65.1 Å². The van der Waals surface area contributed by atoms with Crippen LogP contribution in [0, 0.1) is 0 Å². The molecule has 0 aromatic heterocycles. The summed E-state index contributed by atoms with van der Waals surface area (Å²) in [4.78, 5) is 14.3. The van der Waals surface area contributed by atoms with Crippen molar-refractivity contribution < 1.29 is 39.1 Å². The first-order chi connectivity index (χ1) is 16.0. The molecular weight excluding hydrogens is 483 g/mol. The zero-order valence-corrected chi connectivity index (χ0v) is 22.0. The van der Waals surface area contributed by atoms with Gasteiger partial charge in [0, 0.05) is 47.4 Å². The molecule has 1 aliphatic carbocycles. The highest BCUT2D eigenvalue weighted by atomic mass is 35.5. The largest absolute Gasteiger partial charge is 1.00 e. The molecule has 1 aliphatic heterocycles. The summed E-state index contributed by atoms with van der Waals surface area (Å²) in [5, 5.41) is 11.9. The molecule has 2 aromatic carbocycles. The van der Waals surface area contributed by atoms with E-state index in [0.29, 0.717) is 5.56 Å². The molecule has 35 heavy (non-hydrogen) atoms. The molecule has 0 saturated carbocycles. The standard InChI is InChI=1S/C28H30N2O3.2ClH/c1-5-29(6-2)19-13-15-23-25(17-19)33-26-18-20(30(7-3)8-4)14-16-24(26)27(23)21-11-9-10-12-22(21)28(31)32;;/h9-18H,5-8H2,1-4H3;2*1H/p-1. The van der Waals surface area contributed by atoms with E-state index in [1.165, 1.54) is 0 Å². The molecule has 4 rings (SSSR count). The van der Waals surface area contributed by atoms with Crippen LogP contribution < -0.4 is 39.6 Å². The van der Waals surface area contributed by atoms with Gasteiger partial charge in [0.25, 0.3) is 0 Å². The average molecular weight is 514 g/mol. The predicted octanol–water partition coefficient (Wildman–Crippen LogP) is -0.431. The molecule has 1 heterocycles. The second kappa shape index (κ2) is 12.1. The first-order valence-electron chi connectivity index (χ1n) is 11.7. The Morgan fingerprint density at radius 1 is 0.886 bits per heavy atom. The van der Waals surface area contributed by atoms with Crippen LogP contribution in [0.3, 0.4) is 0 Å². The maximum absolute atomic E-state index is 12.1. The minimum Gasteiger partial charge on any atom is -1.00 e. The SMILES string of the molecule is CCN(CC)c1ccc2c(-c3ccccc3C(=O)O)c3ccc(=[N+](CC)CC)cc-3oc2c1.[Cl-].[Cl-]. The van der Waals surface area contributed by atoms with E-state index in [1.54, 1.807) is 12.1 Å². The Balaban J connectivity index is 0.00000216. The number of carbonyl (C=O) groups is 1. The highest BCUT2D eigenvalue weighted by molar-refractivity contribution is 6.07. The van der Waals surface area contributed by atoms with E-state index in [4.69, 9.17) is 4.42 Å². The number of carboxylic acid groups (broad SMARTS) is 1. The summed E-state index contributed by atoms with van der Waals surface area (Å²) in [7, 11) is 0. The Morgan fingerprint density at radius 3 is 2.20 bits per heavy atom. The number of rotatable bonds is 7. The summed E-state index contributed by atoms with van der Waals surface area (Å²) in [6.45, 7) is 12.1. The van der Waals surface area contributed by atoms with E-state index < -0.39 is 5.97 Å². The van der Waals surface area contributed by atoms with Crippen molar-refractivity contribution in [1.29, 1.82) is 0 Å². The molecule has 0 atom stereocenters. The molecule has 0 bridgehead atoms. The van der Waals surface area contributed by atoms with Gasteiger partial charge in [-0.15, -0.1) is 0 Å². The Labute approximate surface area is 218 Å². The molecule has 0 amide bonds. The van der Waals surface area contributed by atoms with Crippen molar-refractivity contribution in [3.8, 4) is 22.5 Å². The van der Waals surface area contributed by atoms with Crippen molar-refractivity contribution in [2.75, 3.05) is 31.1 Å². The van der Waals surface area contributed by atoms with Crippen LogP contribution in [0.5, 0.6) is 0 Å². The van der Waals surface area contributed by atoms with Crippen molar-refractivity contribution >= 4 is 22.6 Å². The molecule has 7 heteroatoms. The van der Waals surface area contributed by atoms with E-state index in [0.717, 1.165) is 65.1 Å². The topological polar surface area (TPSA) is 56.7 Å². The van der Waals surface area contributed by atoms with Gasteiger partial charge in [-0.25, -0.2) is 9.37 Å². The molecule has 186 valence electrons. The van der Waals surface area contributed by atoms with E-state index in [9.17, 15) is 9.90 Å². The molecule has 2 aliphatic rings. The van der Waals surface area contributed by atoms with Crippen LogP contribution in [-0.4, -0.2) is 37.3 Å². The van der Waals surface area contributed by atoms with E-state index in [1.807, 2.05) is 12.1 Å². The molecule has 0 saturated heterocycles. The Bertz CT molecular complexity index is 1350. The lowest BCUT2D eigenvalue weighted by atomic mass is 9.90. The first kappa shape index (κ1) is 28.2. The van der Waals surface area contributed by atoms with Crippen LogP contribution in [0.25, 0.3) is 33.4 Å². The maximum atomic E-state index is 12.1. The lowest BCUT2D eigenvalue weighted by molar-refractivity contribution is -0.00100.